The van der Waals surface area contributed by atoms with Crippen LogP contribution in [0.5, 0.6) is 0 Å². The maximum Gasteiger partial charge on any atom is 0.416 e. The van der Waals surface area contributed by atoms with Gasteiger partial charge in [0, 0.05) is 18.5 Å². The average molecular weight is 462 g/mol. The summed E-state index contributed by atoms with van der Waals surface area (Å²) in [5, 5.41) is 2.88. The van der Waals surface area contributed by atoms with Crippen LogP contribution in [0, 0.1) is 0 Å². The van der Waals surface area contributed by atoms with Gasteiger partial charge in [0.15, 0.2) is 0 Å². The number of dihydropyridines is 1. The summed E-state index contributed by atoms with van der Waals surface area (Å²) in [7, 11) is 1.42. The van der Waals surface area contributed by atoms with Gasteiger partial charge in [-0.3, -0.25) is 0 Å². The van der Waals surface area contributed by atoms with E-state index in [4.69, 9.17) is 25.8 Å². The SMILES string of the molecule is COCCOC(=O)C1=C(C)NC(C)=C(C(=O)OCCCl)C1c1ccccc1C(F)(F)F. The van der Waals surface area contributed by atoms with E-state index in [1.807, 2.05) is 0 Å². The molecule has 2 rings (SSSR count). The second kappa shape index (κ2) is 10.7. The summed E-state index contributed by atoms with van der Waals surface area (Å²) in [6, 6.07) is 4.78. The van der Waals surface area contributed by atoms with Crippen molar-refractivity contribution in [2.45, 2.75) is 25.9 Å². The van der Waals surface area contributed by atoms with Gasteiger partial charge >= 0.3 is 18.1 Å². The van der Waals surface area contributed by atoms with E-state index in [9.17, 15) is 22.8 Å². The standard InChI is InChI=1S/C21H23ClF3NO5/c1-12-16(19(27)30-9-8-22)18(14-6-4-5-7-15(14)21(23,24)25)17(13(2)26-12)20(28)31-11-10-29-3/h4-7,18,26H,8-11H2,1-3H3. The predicted octanol–water partition coefficient (Wildman–Crippen LogP) is 3.91. The van der Waals surface area contributed by atoms with Gasteiger partial charge in [0.25, 0.3) is 0 Å². The van der Waals surface area contributed by atoms with Crippen LogP contribution in [0.3, 0.4) is 0 Å². The molecule has 0 bridgehead atoms. The molecule has 1 heterocycles. The molecule has 1 unspecified atom stereocenters. The Bertz CT molecular complexity index is 895. The first-order chi connectivity index (χ1) is 14.6. The van der Waals surface area contributed by atoms with E-state index in [0.717, 1.165) is 6.07 Å². The van der Waals surface area contributed by atoms with E-state index in [2.05, 4.69) is 5.32 Å². The molecule has 1 N–H and O–H groups in total. The second-order valence-corrected chi connectivity index (χ2v) is 7.05. The molecule has 10 heteroatoms. The van der Waals surface area contributed by atoms with Crippen molar-refractivity contribution in [1.29, 1.82) is 0 Å². The molecule has 0 aliphatic carbocycles. The number of allylic oxidation sites excluding steroid dienone is 2. The van der Waals surface area contributed by atoms with Gasteiger partial charge in [-0.05, 0) is 25.5 Å². The Morgan fingerprint density at radius 1 is 1.00 bits per heavy atom. The number of methoxy groups -OCH3 is 1. The van der Waals surface area contributed by atoms with Crippen LogP contribution in [0.15, 0.2) is 46.8 Å². The Morgan fingerprint density at radius 2 is 1.55 bits per heavy atom. The molecule has 0 radical (unpaired) electrons. The van der Waals surface area contributed by atoms with Gasteiger partial charge in [0.1, 0.15) is 13.2 Å². The summed E-state index contributed by atoms with van der Waals surface area (Å²) >= 11 is 5.58. The van der Waals surface area contributed by atoms with Crippen LogP contribution < -0.4 is 5.32 Å². The predicted molar refractivity (Wildman–Crippen MR) is 107 cm³/mol. The van der Waals surface area contributed by atoms with Crippen molar-refractivity contribution in [3.8, 4) is 0 Å². The Kier molecular flexibility index (Phi) is 8.52. The Labute approximate surface area is 183 Å². The minimum atomic E-state index is -4.71. The zero-order valence-corrected chi connectivity index (χ0v) is 18.0. The van der Waals surface area contributed by atoms with Gasteiger partial charge in [-0.1, -0.05) is 18.2 Å². The summed E-state index contributed by atoms with van der Waals surface area (Å²) in [5.41, 5.74) is -0.912. The molecule has 1 atom stereocenters. The first kappa shape index (κ1) is 24.7. The number of alkyl halides is 4. The number of benzene rings is 1. The van der Waals surface area contributed by atoms with Crippen molar-refractivity contribution in [2.75, 3.05) is 32.8 Å². The maximum absolute atomic E-state index is 13.8. The van der Waals surface area contributed by atoms with Gasteiger partial charge in [-0.2, -0.15) is 13.2 Å². The van der Waals surface area contributed by atoms with E-state index in [-0.39, 0.29) is 53.8 Å². The molecule has 1 aromatic rings. The second-order valence-electron chi connectivity index (χ2n) is 6.67. The fourth-order valence-electron chi connectivity index (χ4n) is 3.36. The van der Waals surface area contributed by atoms with Crippen LogP contribution in [0.25, 0.3) is 0 Å². The smallest absolute Gasteiger partial charge is 0.416 e. The average Bonchev–Trinajstić information content (AvgIpc) is 2.70. The highest BCUT2D eigenvalue weighted by molar-refractivity contribution is 6.18. The highest BCUT2D eigenvalue weighted by atomic mass is 35.5. The Balaban J connectivity index is 2.67. The summed E-state index contributed by atoms with van der Waals surface area (Å²) in [6.07, 6.45) is -4.71. The lowest BCUT2D eigenvalue weighted by atomic mass is 9.78. The number of esters is 2. The van der Waals surface area contributed by atoms with Crippen molar-refractivity contribution >= 4 is 23.5 Å². The van der Waals surface area contributed by atoms with Crippen molar-refractivity contribution < 1.29 is 37.0 Å². The lowest BCUT2D eigenvalue weighted by molar-refractivity contribution is -0.142. The van der Waals surface area contributed by atoms with Crippen molar-refractivity contribution in [1.82, 2.24) is 5.32 Å². The summed E-state index contributed by atoms with van der Waals surface area (Å²) in [5.74, 6) is -3.07. The van der Waals surface area contributed by atoms with E-state index in [0.29, 0.717) is 0 Å². The van der Waals surface area contributed by atoms with Crippen LogP contribution in [0.2, 0.25) is 0 Å². The molecular formula is C21H23ClF3NO5. The van der Waals surface area contributed by atoms with E-state index >= 15 is 0 Å². The van der Waals surface area contributed by atoms with Crippen molar-refractivity contribution in [3.05, 3.63) is 57.9 Å². The highest BCUT2D eigenvalue weighted by Gasteiger charge is 2.43. The molecule has 0 spiro atoms. The normalized spacial score (nSPS) is 16.8. The van der Waals surface area contributed by atoms with Crippen LogP contribution in [-0.4, -0.2) is 44.7 Å². The van der Waals surface area contributed by atoms with E-state index < -0.39 is 29.6 Å². The van der Waals surface area contributed by atoms with Gasteiger partial charge in [0.05, 0.1) is 35.1 Å². The molecule has 0 fully saturated rings. The number of nitrogens with one attached hydrogen (secondary N) is 1. The summed E-state index contributed by atoms with van der Waals surface area (Å²) in [4.78, 5) is 25.7. The maximum atomic E-state index is 13.8. The number of ether oxygens (including phenoxy) is 3. The quantitative estimate of drug-likeness (QED) is 0.359. The van der Waals surface area contributed by atoms with Crippen LogP contribution in [0.1, 0.15) is 30.9 Å². The Morgan fingerprint density at radius 3 is 2.06 bits per heavy atom. The number of hydrogen-bond acceptors (Lipinski definition) is 6. The lowest BCUT2D eigenvalue weighted by Gasteiger charge is -2.31. The fraction of sp³-hybridized carbons (Fsp3) is 0.429. The number of hydrogen-bond donors (Lipinski definition) is 1. The first-order valence-corrected chi connectivity index (χ1v) is 9.90. The molecule has 0 saturated carbocycles. The summed E-state index contributed by atoms with van der Waals surface area (Å²) < 4.78 is 56.5. The van der Waals surface area contributed by atoms with Gasteiger partial charge in [-0.15, -0.1) is 11.6 Å². The molecule has 1 aliphatic rings. The lowest BCUT2D eigenvalue weighted by Crippen LogP contribution is -2.34. The number of carbonyl (C=O) groups is 2. The zero-order valence-electron chi connectivity index (χ0n) is 17.3. The highest BCUT2D eigenvalue weighted by Crippen LogP contribution is 2.44. The molecule has 1 aliphatic heterocycles. The van der Waals surface area contributed by atoms with E-state index in [1.165, 1.54) is 39.2 Å². The third kappa shape index (κ3) is 5.80. The summed E-state index contributed by atoms with van der Waals surface area (Å²) in [6.45, 7) is 2.92. The zero-order chi connectivity index (χ0) is 23.2. The molecule has 0 aromatic heterocycles. The minimum Gasteiger partial charge on any atom is -0.461 e. The topological polar surface area (TPSA) is 73.9 Å². The molecule has 0 saturated heterocycles. The Hall–Kier alpha value is -2.52. The third-order valence-corrected chi connectivity index (χ3v) is 4.76. The number of rotatable bonds is 8. The van der Waals surface area contributed by atoms with E-state index in [1.54, 1.807) is 0 Å². The fourth-order valence-corrected chi connectivity index (χ4v) is 3.43. The molecule has 31 heavy (non-hydrogen) atoms. The first-order valence-electron chi connectivity index (χ1n) is 9.37. The largest absolute Gasteiger partial charge is 0.461 e. The molecule has 170 valence electrons. The van der Waals surface area contributed by atoms with Crippen LogP contribution >= 0.6 is 11.6 Å². The van der Waals surface area contributed by atoms with Gasteiger partial charge in [0.2, 0.25) is 0 Å². The molecule has 0 amide bonds. The van der Waals surface area contributed by atoms with Crippen molar-refractivity contribution in [2.24, 2.45) is 0 Å². The molecular weight excluding hydrogens is 439 g/mol. The van der Waals surface area contributed by atoms with Crippen LogP contribution in [0.4, 0.5) is 13.2 Å². The van der Waals surface area contributed by atoms with Crippen LogP contribution in [-0.2, 0) is 30.0 Å². The number of carbonyl (C=O) groups excluding carboxylic acids is 2. The van der Waals surface area contributed by atoms with Crippen molar-refractivity contribution in [3.63, 3.8) is 0 Å². The minimum absolute atomic E-state index is 0.0100. The molecule has 1 aromatic carbocycles. The van der Waals surface area contributed by atoms with Gasteiger partial charge in [-0.25, -0.2) is 9.59 Å². The third-order valence-electron chi connectivity index (χ3n) is 4.61. The molecule has 6 nitrogen and oxygen atoms in total. The number of halogens is 4. The van der Waals surface area contributed by atoms with Gasteiger partial charge < -0.3 is 19.5 Å². The monoisotopic (exact) mass is 461 g/mol.